The largest absolute Gasteiger partial charge is 2.00 e. The van der Waals surface area contributed by atoms with Crippen LogP contribution in [0, 0.1) is 0 Å². The molecule has 0 aliphatic rings. The van der Waals surface area contributed by atoms with Crippen molar-refractivity contribution in [2.24, 2.45) is 10.2 Å². The minimum absolute atomic E-state index is 0. The van der Waals surface area contributed by atoms with Gasteiger partial charge in [0.05, 0.1) is 43.6 Å². The average molecular weight is 745 g/mol. The summed E-state index contributed by atoms with van der Waals surface area (Å²) >= 11 is 0. The van der Waals surface area contributed by atoms with E-state index < -0.39 is 104 Å². The predicted molar refractivity (Wildman–Crippen MR) is 140 cm³/mol. The zero-order chi connectivity index (χ0) is 32.4. The van der Waals surface area contributed by atoms with Crippen LogP contribution in [0.3, 0.4) is 0 Å². The first kappa shape index (κ1) is 36.9. The Morgan fingerprint density at radius 3 is 2.11 bits per heavy atom. The number of hydrogen-bond donors (Lipinski definition) is 1. The van der Waals surface area contributed by atoms with Crippen LogP contribution in [0.1, 0.15) is 10.7 Å². The van der Waals surface area contributed by atoms with Crippen LogP contribution in [0.15, 0.2) is 62.5 Å². The summed E-state index contributed by atoms with van der Waals surface area (Å²) in [4.78, 5) is 10.1. The van der Waals surface area contributed by atoms with Gasteiger partial charge in [0.2, 0.25) is 16.3 Å². The van der Waals surface area contributed by atoms with E-state index in [2.05, 4.69) is 19.7 Å². The molecule has 0 saturated carbocycles. The second kappa shape index (κ2) is 13.8. The van der Waals surface area contributed by atoms with E-state index in [-0.39, 0.29) is 37.8 Å². The normalized spacial score (nSPS) is 12.7. The van der Waals surface area contributed by atoms with Gasteiger partial charge in [-0.15, -0.1) is 5.11 Å². The van der Waals surface area contributed by atoms with Crippen LogP contribution in [0.5, 0.6) is 11.5 Å². The van der Waals surface area contributed by atoms with Gasteiger partial charge in [-0.05, 0) is 41.1 Å². The molecule has 1 amide bonds. The Morgan fingerprint density at radius 1 is 0.864 bits per heavy atom. The molecule has 1 N–H and O–H groups in total. The molecule has 18 nitrogen and oxygen atoms in total. The van der Waals surface area contributed by atoms with Crippen molar-refractivity contribution in [3.8, 4) is 11.5 Å². The molecule has 0 unspecified atom stereocenters. The number of azo groups is 1. The molecule has 0 aromatic heterocycles. The van der Waals surface area contributed by atoms with Crippen molar-refractivity contribution < 1.29 is 87.9 Å². The number of amides is 1. The number of nitrogens with one attached hydrogen (secondary N) is 1. The standard InChI is InChI=1S/C21H21N3O15S4.Cu/c25-17-4-2-14(40(28,29)8-6-39-43(36,37)38)11-16(17)23-24-20-18(42(33,34)35)10-12-9-13(1-3-15(12)21(20)27)22-19(26)5-7-41(30,31)32;/h1-4,9-11,25,27H,5-8H2,(H,22,26)(H,30,31,32)(H,33,34,35)(H,36,37,38);/q;+2/p-2. The van der Waals surface area contributed by atoms with Gasteiger partial charge in [-0.3, -0.25) is 8.98 Å². The number of benzene rings is 3. The summed E-state index contributed by atoms with van der Waals surface area (Å²) in [6.45, 7) is -1.04. The third-order valence-corrected chi connectivity index (χ3v) is 8.98. The van der Waals surface area contributed by atoms with Gasteiger partial charge >= 0.3 is 21.3 Å². The van der Waals surface area contributed by atoms with Crippen LogP contribution in [-0.2, 0) is 66.5 Å². The fraction of sp³-hybridized carbons (Fsp3) is 0.190. The number of sulfone groups is 1. The summed E-state index contributed by atoms with van der Waals surface area (Å²) < 4.78 is 128. The van der Waals surface area contributed by atoms with E-state index in [1.165, 1.54) is 0 Å². The van der Waals surface area contributed by atoms with Crippen LogP contribution in [0.25, 0.3) is 10.8 Å². The van der Waals surface area contributed by atoms with Gasteiger partial charge in [0, 0.05) is 17.9 Å². The third kappa shape index (κ3) is 10.2. The summed E-state index contributed by atoms with van der Waals surface area (Å²) in [6.07, 6.45) is -0.698. The second-order valence-electron chi connectivity index (χ2n) is 8.38. The minimum Gasteiger partial charge on any atom is -0.871 e. The van der Waals surface area contributed by atoms with E-state index in [1.54, 1.807) is 0 Å². The Balaban J connectivity index is 0. The maximum absolute atomic E-state index is 13.1. The molecule has 0 heterocycles. The molecule has 3 aromatic rings. The van der Waals surface area contributed by atoms with Gasteiger partial charge in [-0.1, -0.05) is 23.6 Å². The van der Waals surface area contributed by atoms with E-state index >= 15 is 0 Å². The van der Waals surface area contributed by atoms with Crippen molar-refractivity contribution in [2.45, 2.75) is 16.2 Å². The number of fused-ring (bicyclic) bond motifs is 1. The Bertz CT molecular complexity index is 2080. The van der Waals surface area contributed by atoms with Crippen LogP contribution in [-0.4, -0.2) is 71.3 Å². The SMILES string of the molecule is O=C(CCS(=O)(=O)[O-])Nc1ccc2c([O-])c(N=Nc3cc(S(=O)(=O)CCOS(=O)(=O)[O-])ccc3[O-])c(S(=O)(=O)[O-])cc2c1.[Cu+2].[H+].[H+].[H+]. The molecule has 0 saturated heterocycles. The van der Waals surface area contributed by atoms with Gasteiger partial charge in [0.25, 0.3) is 0 Å². The maximum atomic E-state index is 13.1. The van der Waals surface area contributed by atoms with Gasteiger partial charge < -0.3 is 29.2 Å². The number of carbonyl (C=O) groups is 1. The molecular formula is C21H19CuN3O15S4. The molecule has 0 fully saturated rings. The molecule has 3 aromatic carbocycles. The van der Waals surface area contributed by atoms with E-state index in [0.717, 1.165) is 30.3 Å². The summed E-state index contributed by atoms with van der Waals surface area (Å²) in [6, 6.07) is 6.24. The van der Waals surface area contributed by atoms with Crippen molar-refractivity contribution in [3.63, 3.8) is 0 Å². The fourth-order valence-corrected chi connectivity index (χ4v) is 5.95. The number of rotatable bonds is 12. The Hall–Kier alpha value is -3.25. The maximum Gasteiger partial charge on any atom is 2.00 e. The van der Waals surface area contributed by atoms with E-state index in [9.17, 15) is 62.3 Å². The molecular weight excluding hydrogens is 726 g/mol. The molecule has 0 aliphatic heterocycles. The van der Waals surface area contributed by atoms with Crippen molar-refractivity contribution >= 4 is 74.2 Å². The first-order valence-electron chi connectivity index (χ1n) is 11.2. The van der Waals surface area contributed by atoms with Gasteiger partial charge in [-0.2, -0.15) is 5.11 Å². The molecule has 243 valence electrons. The number of anilines is 1. The van der Waals surface area contributed by atoms with Crippen LogP contribution >= 0.6 is 0 Å². The van der Waals surface area contributed by atoms with Crippen molar-refractivity contribution in [2.75, 3.05) is 23.4 Å². The molecule has 0 spiro atoms. The first-order valence-corrected chi connectivity index (χ1v) is 17.2. The minimum atomic E-state index is -5.43. The molecule has 0 bridgehead atoms. The Morgan fingerprint density at radius 2 is 1.52 bits per heavy atom. The molecule has 0 atom stereocenters. The quantitative estimate of drug-likeness (QED) is 0.108. The summed E-state index contributed by atoms with van der Waals surface area (Å²) in [7, 11) is -19.6. The number of carbonyl (C=O) groups excluding carboxylic acids is 1. The molecule has 3 rings (SSSR count). The number of hydrogen-bond acceptors (Lipinski definition) is 17. The molecule has 1 radical (unpaired) electrons. The van der Waals surface area contributed by atoms with Gasteiger partial charge in [-0.25, -0.2) is 33.7 Å². The second-order valence-corrected chi connectivity index (χ2v) is 14.4. The summed E-state index contributed by atoms with van der Waals surface area (Å²) in [5.41, 5.74) is -1.83. The molecule has 44 heavy (non-hydrogen) atoms. The zero-order valence-corrected chi connectivity index (χ0v) is 25.5. The van der Waals surface area contributed by atoms with Crippen LogP contribution < -0.4 is 15.5 Å². The summed E-state index contributed by atoms with van der Waals surface area (Å²) in [5.74, 6) is -5.02. The fourth-order valence-electron chi connectivity index (χ4n) is 3.38. The predicted octanol–water partition coefficient (Wildman–Crippen LogP) is -0.234. The monoisotopic (exact) mass is 744 g/mol. The third-order valence-electron chi connectivity index (χ3n) is 5.29. The van der Waals surface area contributed by atoms with Crippen LogP contribution in [0.2, 0.25) is 0 Å². The van der Waals surface area contributed by atoms with Gasteiger partial charge in [0.1, 0.15) is 10.1 Å². The van der Waals surface area contributed by atoms with E-state index in [4.69, 9.17) is 0 Å². The smallest absolute Gasteiger partial charge is 0.871 e. The Kier molecular flexibility index (Phi) is 11.6. The topological polar surface area (TPSA) is 315 Å². The molecule has 0 aliphatic carbocycles. The molecule has 23 heteroatoms. The van der Waals surface area contributed by atoms with E-state index in [0.29, 0.717) is 12.1 Å². The van der Waals surface area contributed by atoms with Crippen molar-refractivity contribution in [1.82, 2.24) is 0 Å². The van der Waals surface area contributed by atoms with Crippen molar-refractivity contribution in [1.29, 1.82) is 0 Å². The van der Waals surface area contributed by atoms with Crippen molar-refractivity contribution in [3.05, 3.63) is 42.5 Å². The van der Waals surface area contributed by atoms with Gasteiger partial charge in [0.15, 0.2) is 9.84 Å². The number of nitrogens with zero attached hydrogens (tertiary/aromatic N) is 2. The zero-order valence-electron chi connectivity index (χ0n) is 24.3. The first-order chi connectivity index (χ1) is 19.7. The average Bonchev–Trinajstić information content (AvgIpc) is 2.85. The Labute approximate surface area is 265 Å². The summed E-state index contributed by atoms with van der Waals surface area (Å²) in [5, 5.41) is 34.0. The van der Waals surface area contributed by atoms with Crippen LogP contribution in [0.4, 0.5) is 17.1 Å². The van der Waals surface area contributed by atoms with E-state index in [1.807, 2.05) is 0 Å².